The third-order valence-electron chi connectivity index (χ3n) is 4.11. The first-order valence-electron chi connectivity index (χ1n) is 7.96. The Morgan fingerprint density at radius 1 is 1.16 bits per heavy atom. The highest BCUT2D eigenvalue weighted by Crippen LogP contribution is 2.26. The first-order valence-corrected chi connectivity index (χ1v) is 7.96. The Balaban J connectivity index is 1.51. The maximum Gasteiger partial charge on any atom is 0.573 e. The number of aromatic nitrogens is 1. The van der Waals surface area contributed by atoms with Gasteiger partial charge in [-0.3, -0.25) is 4.79 Å². The van der Waals surface area contributed by atoms with Gasteiger partial charge in [-0.1, -0.05) is 0 Å². The molecule has 1 aromatic heterocycles. The summed E-state index contributed by atoms with van der Waals surface area (Å²) in [6.07, 6.45) is -1.44. The molecule has 0 spiro atoms. The Labute approximate surface area is 142 Å². The topological polar surface area (TPSA) is 57.4 Å². The van der Waals surface area contributed by atoms with Crippen molar-refractivity contribution in [1.29, 1.82) is 0 Å². The number of carbonyl (C=O) groups is 1. The second-order valence-electron chi connectivity index (χ2n) is 5.86. The van der Waals surface area contributed by atoms with E-state index in [1.807, 2.05) is 0 Å². The Bertz CT molecular complexity index is 691. The van der Waals surface area contributed by atoms with Crippen LogP contribution in [0.4, 0.5) is 18.9 Å². The molecular weight excluding hydrogens is 335 g/mol. The van der Waals surface area contributed by atoms with E-state index in [-0.39, 0.29) is 17.7 Å². The lowest BCUT2D eigenvalue weighted by atomic mass is 10.0. The maximum absolute atomic E-state index is 12.2. The lowest BCUT2D eigenvalue weighted by Gasteiger charge is -2.34. The van der Waals surface area contributed by atoms with Crippen molar-refractivity contribution >= 4 is 11.6 Å². The third-order valence-corrected chi connectivity index (χ3v) is 4.11. The Morgan fingerprint density at radius 2 is 1.84 bits per heavy atom. The highest BCUT2D eigenvalue weighted by atomic mass is 19.4. The fraction of sp³-hybridized carbons (Fsp3) is 0.353. The molecule has 2 N–H and O–H groups in total. The molecule has 1 amide bonds. The molecule has 0 unspecified atom stereocenters. The number of piperidine rings is 1. The summed E-state index contributed by atoms with van der Waals surface area (Å²) in [5.74, 6) is -0.360. The van der Waals surface area contributed by atoms with Gasteiger partial charge in [-0.15, -0.1) is 13.2 Å². The van der Waals surface area contributed by atoms with E-state index in [1.165, 1.54) is 12.1 Å². The van der Waals surface area contributed by atoms with Crippen LogP contribution in [-0.4, -0.2) is 36.4 Å². The summed E-state index contributed by atoms with van der Waals surface area (Å²) in [4.78, 5) is 17.0. The summed E-state index contributed by atoms with van der Waals surface area (Å²) >= 11 is 0. The molecule has 134 valence electrons. The van der Waals surface area contributed by atoms with Gasteiger partial charge >= 0.3 is 6.36 Å². The van der Waals surface area contributed by atoms with Crippen LogP contribution in [0.3, 0.4) is 0 Å². The van der Waals surface area contributed by atoms with E-state index in [4.69, 9.17) is 0 Å². The van der Waals surface area contributed by atoms with Crippen molar-refractivity contribution in [2.75, 3.05) is 18.0 Å². The number of aromatic amines is 1. The van der Waals surface area contributed by atoms with Crippen LogP contribution in [0.15, 0.2) is 42.6 Å². The summed E-state index contributed by atoms with van der Waals surface area (Å²) < 4.78 is 40.4. The van der Waals surface area contributed by atoms with Crippen LogP contribution >= 0.6 is 0 Å². The number of H-pyrrole nitrogens is 1. The second-order valence-corrected chi connectivity index (χ2v) is 5.86. The van der Waals surface area contributed by atoms with Gasteiger partial charge in [0, 0.05) is 31.0 Å². The number of benzene rings is 1. The van der Waals surface area contributed by atoms with Crippen molar-refractivity contribution in [3.8, 4) is 5.75 Å². The van der Waals surface area contributed by atoms with Crippen LogP contribution in [0.2, 0.25) is 0 Å². The summed E-state index contributed by atoms with van der Waals surface area (Å²) in [7, 11) is 0. The number of ether oxygens (including phenoxy) is 1. The van der Waals surface area contributed by atoms with Crippen molar-refractivity contribution in [3.63, 3.8) is 0 Å². The Morgan fingerprint density at radius 3 is 2.40 bits per heavy atom. The number of rotatable bonds is 4. The zero-order chi connectivity index (χ0) is 17.9. The summed E-state index contributed by atoms with van der Waals surface area (Å²) in [5, 5.41) is 2.99. The molecular formula is C17H18F3N3O2. The quantitative estimate of drug-likeness (QED) is 0.887. The highest BCUT2D eigenvalue weighted by molar-refractivity contribution is 5.92. The molecule has 0 aliphatic carbocycles. The number of halogens is 3. The minimum absolute atomic E-state index is 0.0832. The molecule has 0 atom stereocenters. The first-order chi connectivity index (χ1) is 11.9. The molecule has 2 heterocycles. The highest BCUT2D eigenvalue weighted by Gasteiger charge is 2.31. The summed E-state index contributed by atoms with van der Waals surface area (Å²) in [5.41, 5.74) is 1.37. The standard InChI is InChI=1S/C17H18F3N3O2/c18-17(19,20)25-14-5-3-13(4-6-14)23-10-7-12(8-11-23)22-16(24)15-2-1-9-21-15/h1-6,9,12,21H,7-8,10-11H2,(H,22,24). The number of hydrogen-bond acceptors (Lipinski definition) is 3. The molecule has 1 aromatic carbocycles. The summed E-state index contributed by atoms with van der Waals surface area (Å²) in [6.45, 7) is 1.43. The molecule has 1 aliphatic rings. The van der Waals surface area contributed by atoms with Crippen molar-refractivity contribution in [2.24, 2.45) is 0 Å². The zero-order valence-electron chi connectivity index (χ0n) is 13.3. The number of amides is 1. The van der Waals surface area contributed by atoms with Gasteiger partial charge in [-0.25, -0.2) is 0 Å². The molecule has 0 saturated carbocycles. The Kier molecular flexibility index (Phi) is 4.87. The van der Waals surface area contributed by atoms with Crippen LogP contribution in [0.25, 0.3) is 0 Å². The van der Waals surface area contributed by atoms with Gasteiger partial charge in [0.15, 0.2) is 0 Å². The number of nitrogens with one attached hydrogen (secondary N) is 2. The molecule has 1 fully saturated rings. The van der Waals surface area contributed by atoms with E-state index >= 15 is 0 Å². The molecule has 1 aliphatic heterocycles. The van der Waals surface area contributed by atoms with Gasteiger partial charge in [0.25, 0.3) is 5.91 Å². The molecule has 0 bridgehead atoms. The van der Waals surface area contributed by atoms with Crippen molar-refractivity contribution in [2.45, 2.75) is 25.2 Å². The smallest absolute Gasteiger partial charge is 0.406 e. The van der Waals surface area contributed by atoms with Crippen molar-refractivity contribution < 1.29 is 22.7 Å². The van der Waals surface area contributed by atoms with Gasteiger partial charge in [0.05, 0.1) is 0 Å². The first kappa shape index (κ1) is 17.2. The molecule has 3 rings (SSSR count). The van der Waals surface area contributed by atoms with Gasteiger partial charge < -0.3 is 19.9 Å². The van der Waals surface area contributed by atoms with Crippen molar-refractivity contribution in [1.82, 2.24) is 10.3 Å². The largest absolute Gasteiger partial charge is 0.573 e. The molecule has 1 saturated heterocycles. The fourth-order valence-electron chi connectivity index (χ4n) is 2.88. The Hall–Kier alpha value is -2.64. The minimum atomic E-state index is -4.68. The zero-order valence-corrected chi connectivity index (χ0v) is 13.3. The minimum Gasteiger partial charge on any atom is -0.406 e. The van der Waals surface area contributed by atoms with Gasteiger partial charge in [-0.2, -0.15) is 0 Å². The van der Waals surface area contributed by atoms with Gasteiger partial charge in [-0.05, 0) is 49.2 Å². The van der Waals surface area contributed by atoms with E-state index in [1.54, 1.807) is 30.5 Å². The lowest BCUT2D eigenvalue weighted by Crippen LogP contribution is -2.44. The van der Waals surface area contributed by atoms with Crippen LogP contribution < -0.4 is 15.0 Å². The molecule has 5 nitrogen and oxygen atoms in total. The predicted molar refractivity (Wildman–Crippen MR) is 86.6 cm³/mol. The number of anilines is 1. The monoisotopic (exact) mass is 353 g/mol. The molecule has 0 radical (unpaired) electrons. The SMILES string of the molecule is O=C(NC1CCN(c2ccc(OC(F)(F)F)cc2)CC1)c1ccc[nH]1. The van der Waals surface area contributed by atoms with E-state index in [0.717, 1.165) is 31.6 Å². The van der Waals surface area contributed by atoms with E-state index < -0.39 is 6.36 Å². The van der Waals surface area contributed by atoms with Gasteiger partial charge in [0.1, 0.15) is 11.4 Å². The van der Waals surface area contributed by atoms with E-state index in [0.29, 0.717) is 5.69 Å². The second kappa shape index (κ2) is 7.08. The lowest BCUT2D eigenvalue weighted by molar-refractivity contribution is -0.274. The maximum atomic E-state index is 12.2. The predicted octanol–water partition coefficient (Wildman–Crippen LogP) is 3.31. The van der Waals surface area contributed by atoms with Crippen molar-refractivity contribution in [3.05, 3.63) is 48.3 Å². The molecule has 8 heteroatoms. The average molecular weight is 353 g/mol. The molecule has 2 aromatic rings. The average Bonchev–Trinajstić information content (AvgIpc) is 3.09. The van der Waals surface area contributed by atoms with Crippen LogP contribution in [0.1, 0.15) is 23.3 Å². The van der Waals surface area contributed by atoms with Crippen LogP contribution in [0, 0.1) is 0 Å². The normalized spacial score (nSPS) is 15.9. The number of hydrogen-bond donors (Lipinski definition) is 2. The van der Waals surface area contributed by atoms with Crippen LogP contribution in [0.5, 0.6) is 5.75 Å². The summed E-state index contributed by atoms with van der Waals surface area (Å²) in [6, 6.07) is 9.40. The number of nitrogens with zero attached hydrogens (tertiary/aromatic N) is 1. The fourth-order valence-corrected chi connectivity index (χ4v) is 2.88. The number of alkyl halides is 3. The number of carbonyl (C=O) groups excluding carboxylic acids is 1. The third kappa shape index (κ3) is 4.68. The van der Waals surface area contributed by atoms with Gasteiger partial charge in [0.2, 0.25) is 0 Å². The van der Waals surface area contributed by atoms with E-state index in [2.05, 4.69) is 19.9 Å². The van der Waals surface area contributed by atoms with E-state index in [9.17, 15) is 18.0 Å². The molecule has 25 heavy (non-hydrogen) atoms. The van der Waals surface area contributed by atoms with Crippen LogP contribution in [-0.2, 0) is 0 Å².